The van der Waals surface area contributed by atoms with Crippen LogP contribution in [0.2, 0.25) is 0 Å². The minimum Gasteiger partial charge on any atom is -0.339 e. The van der Waals surface area contributed by atoms with Crippen LogP contribution in [0, 0.1) is 18.6 Å². The summed E-state index contributed by atoms with van der Waals surface area (Å²) in [7, 11) is -4.55. The van der Waals surface area contributed by atoms with Gasteiger partial charge in [0.15, 0.2) is 4.90 Å². The summed E-state index contributed by atoms with van der Waals surface area (Å²) in [6, 6.07) is 7.58. The standard InChI is InChI=1S/C18H18F2N2O3S/c1-12-6-4-7-13(18(23)22-10-2-3-11-22)16(12)21-26(24,25)17-14(19)8-5-9-15(17)20/h4-9,21H,2-3,10-11H2,1H3. The highest BCUT2D eigenvalue weighted by atomic mass is 32.2. The van der Waals surface area contributed by atoms with Gasteiger partial charge in [0.1, 0.15) is 11.6 Å². The number of para-hydroxylation sites is 1. The Kier molecular flexibility index (Phi) is 4.95. The van der Waals surface area contributed by atoms with Crippen molar-refractivity contribution in [3.8, 4) is 0 Å². The maximum atomic E-state index is 13.9. The number of nitrogens with zero attached hydrogens (tertiary/aromatic N) is 1. The molecule has 0 bridgehead atoms. The van der Waals surface area contributed by atoms with Crippen LogP contribution in [0.3, 0.4) is 0 Å². The van der Waals surface area contributed by atoms with E-state index in [-0.39, 0.29) is 17.2 Å². The van der Waals surface area contributed by atoms with Gasteiger partial charge in [-0.15, -0.1) is 0 Å². The first-order valence-corrected chi connectivity index (χ1v) is 9.65. The van der Waals surface area contributed by atoms with Crippen LogP contribution in [-0.2, 0) is 10.0 Å². The zero-order valence-corrected chi connectivity index (χ0v) is 14.9. The van der Waals surface area contributed by atoms with Gasteiger partial charge in [-0.2, -0.15) is 0 Å². The predicted molar refractivity (Wildman–Crippen MR) is 93.5 cm³/mol. The summed E-state index contributed by atoms with van der Waals surface area (Å²) in [5.41, 5.74) is 0.676. The quantitative estimate of drug-likeness (QED) is 0.885. The van der Waals surface area contributed by atoms with Crippen molar-refractivity contribution in [1.29, 1.82) is 0 Å². The van der Waals surface area contributed by atoms with E-state index in [1.54, 1.807) is 24.0 Å². The normalized spacial score (nSPS) is 14.5. The summed E-state index contributed by atoms with van der Waals surface area (Å²) in [5, 5.41) is 0. The molecule has 1 saturated heterocycles. The van der Waals surface area contributed by atoms with E-state index in [4.69, 9.17) is 0 Å². The molecule has 1 N–H and O–H groups in total. The van der Waals surface area contributed by atoms with E-state index in [0.717, 1.165) is 31.0 Å². The third kappa shape index (κ3) is 3.41. The van der Waals surface area contributed by atoms with E-state index in [9.17, 15) is 22.0 Å². The van der Waals surface area contributed by atoms with E-state index in [2.05, 4.69) is 4.72 Å². The van der Waals surface area contributed by atoms with Gasteiger partial charge in [-0.1, -0.05) is 18.2 Å². The summed E-state index contributed by atoms with van der Waals surface area (Å²) < 4.78 is 55.2. The molecule has 5 nitrogen and oxygen atoms in total. The number of halogens is 2. The van der Waals surface area contributed by atoms with Crippen molar-refractivity contribution in [1.82, 2.24) is 4.90 Å². The van der Waals surface area contributed by atoms with E-state index in [0.29, 0.717) is 18.7 Å². The first kappa shape index (κ1) is 18.3. The van der Waals surface area contributed by atoms with Gasteiger partial charge in [-0.05, 0) is 43.5 Å². The monoisotopic (exact) mass is 380 g/mol. The second-order valence-corrected chi connectivity index (χ2v) is 7.77. The molecule has 26 heavy (non-hydrogen) atoms. The van der Waals surface area contributed by atoms with Crippen LogP contribution in [-0.4, -0.2) is 32.3 Å². The lowest BCUT2D eigenvalue weighted by atomic mass is 10.1. The maximum Gasteiger partial charge on any atom is 0.267 e. The number of sulfonamides is 1. The second-order valence-electron chi connectivity index (χ2n) is 6.15. The minimum absolute atomic E-state index is 0.0343. The highest BCUT2D eigenvalue weighted by molar-refractivity contribution is 7.92. The highest BCUT2D eigenvalue weighted by Gasteiger charge is 2.28. The Labute approximate surface area is 150 Å². The molecule has 1 heterocycles. The Bertz CT molecular complexity index is 935. The van der Waals surface area contributed by atoms with Gasteiger partial charge >= 0.3 is 0 Å². The van der Waals surface area contributed by atoms with Gasteiger partial charge in [0.25, 0.3) is 15.9 Å². The minimum atomic E-state index is -4.55. The Morgan fingerprint density at radius 2 is 1.62 bits per heavy atom. The number of rotatable bonds is 4. The summed E-state index contributed by atoms with van der Waals surface area (Å²) in [5.74, 6) is -2.70. The number of hydrogen-bond donors (Lipinski definition) is 1. The van der Waals surface area contributed by atoms with Crippen molar-refractivity contribution >= 4 is 21.6 Å². The molecule has 0 unspecified atom stereocenters. The molecule has 1 aliphatic heterocycles. The zero-order chi connectivity index (χ0) is 18.9. The van der Waals surface area contributed by atoms with Crippen molar-refractivity contribution in [3.63, 3.8) is 0 Å². The van der Waals surface area contributed by atoms with Crippen LogP contribution in [0.15, 0.2) is 41.3 Å². The first-order valence-electron chi connectivity index (χ1n) is 8.17. The van der Waals surface area contributed by atoms with Crippen molar-refractivity contribution in [2.75, 3.05) is 17.8 Å². The molecule has 0 aromatic heterocycles. The largest absolute Gasteiger partial charge is 0.339 e. The van der Waals surface area contributed by atoms with Crippen LogP contribution >= 0.6 is 0 Å². The van der Waals surface area contributed by atoms with Crippen LogP contribution in [0.4, 0.5) is 14.5 Å². The molecule has 0 atom stereocenters. The molecular weight excluding hydrogens is 362 g/mol. The molecule has 3 rings (SSSR count). The number of amides is 1. The molecule has 2 aromatic carbocycles. The fraction of sp³-hybridized carbons (Fsp3) is 0.278. The van der Waals surface area contributed by atoms with Crippen LogP contribution in [0.1, 0.15) is 28.8 Å². The number of carbonyl (C=O) groups excluding carboxylic acids is 1. The Morgan fingerprint density at radius 1 is 1.04 bits per heavy atom. The fourth-order valence-electron chi connectivity index (χ4n) is 3.00. The average molecular weight is 380 g/mol. The molecule has 1 aliphatic rings. The third-order valence-electron chi connectivity index (χ3n) is 4.32. The van der Waals surface area contributed by atoms with E-state index in [1.165, 1.54) is 6.07 Å². The molecule has 0 radical (unpaired) electrons. The van der Waals surface area contributed by atoms with Crippen LogP contribution < -0.4 is 4.72 Å². The van der Waals surface area contributed by atoms with Crippen molar-refractivity contribution in [3.05, 3.63) is 59.2 Å². The van der Waals surface area contributed by atoms with E-state index < -0.39 is 26.6 Å². The molecule has 1 fully saturated rings. The van der Waals surface area contributed by atoms with Crippen molar-refractivity contribution in [2.24, 2.45) is 0 Å². The lowest BCUT2D eigenvalue weighted by molar-refractivity contribution is 0.0794. The van der Waals surface area contributed by atoms with Crippen LogP contribution in [0.5, 0.6) is 0 Å². The van der Waals surface area contributed by atoms with Crippen molar-refractivity contribution < 1.29 is 22.0 Å². The number of hydrogen-bond acceptors (Lipinski definition) is 3. The number of benzene rings is 2. The summed E-state index contributed by atoms with van der Waals surface area (Å²) in [4.78, 5) is 13.3. The molecule has 0 spiro atoms. The lowest BCUT2D eigenvalue weighted by Crippen LogP contribution is -2.29. The molecular formula is C18H18F2N2O3S. The van der Waals surface area contributed by atoms with Gasteiger partial charge in [-0.3, -0.25) is 9.52 Å². The first-order chi connectivity index (χ1) is 12.3. The lowest BCUT2D eigenvalue weighted by Gasteiger charge is -2.20. The van der Waals surface area contributed by atoms with E-state index >= 15 is 0 Å². The molecule has 138 valence electrons. The topological polar surface area (TPSA) is 66.5 Å². The Balaban J connectivity index is 2.03. The van der Waals surface area contributed by atoms with Gasteiger partial charge in [0.05, 0.1) is 11.3 Å². The van der Waals surface area contributed by atoms with Crippen LogP contribution in [0.25, 0.3) is 0 Å². The molecule has 1 amide bonds. The van der Waals surface area contributed by atoms with Gasteiger partial charge < -0.3 is 4.90 Å². The summed E-state index contributed by atoms with van der Waals surface area (Å²) >= 11 is 0. The molecule has 0 saturated carbocycles. The van der Waals surface area contributed by atoms with Gasteiger partial charge in [-0.25, -0.2) is 17.2 Å². The summed E-state index contributed by atoms with van der Waals surface area (Å²) in [6.07, 6.45) is 1.78. The number of likely N-dealkylation sites (tertiary alicyclic amines) is 1. The smallest absolute Gasteiger partial charge is 0.267 e. The third-order valence-corrected chi connectivity index (χ3v) is 5.72. The fourth-order valence-corrected chi connectivity index (χ4v) is 4.29. The number of anilines is 1. The van der Waals surface area contributed by atoms with Gasteiger partial charge in [0, 0.05) is 13.1 Å². The number of nitrogens with one attached hydrogen (secondary N) is 1. The Morgan fingerprint density at radius 3 is 2.23 bits per heavy atom. The van der Waals surface area contributed by atoms with Gasteiger partial charge in [0.2, 0.25) is 0 Å². The predicted octanol–water partition coefficient (Wildman–Crippen LogP) is 3.31. The SMILES string of the molecule is Cc1cccc(C(=O)N2CCCC2)c1NS(=O)(=O)c1c(F)cccc1F. The number of aryl methyl sites for hydroxylation is 1. The number of carbonyl (C=O) groups is 1. The molecule has 2 aromatic rings. The molecule has 8 heteroatoms. The highest BCUT2D eigenvalue weighted by Crippen LogP contribution is 2.28. The summed E-state index contributed by atoms with van der Waals surface area (Å²) in [6.45, 7) is 2.82. The maximum absolute atomic E-state index is 13.9. The zero-order valence-electron chi connectivity index (χ0n) is 14.1. The van der Waals surface area contributed by atoms with Crippen molar-refractivity contribution in [2.45, 2.75) is 24.7 Å². The Hall–Kier alpha value is -2.48. The second kappa shape index (κ2) is 7.03. The molecule has 0 aliphatic carbocycles. The average Bonchev–Trinajstić information content (AvgIpc) is 3.10. The van der Waals surface area contributed by atoms with E-state index in [1.807, 2.05) is 0 Å².